The first kappa shape index (κ1) is 19.4. The molecule has 0 aliphatic rings. The predicted octanol–water partition coefficient (Wildman–Crippen LogP) is 3.56. The van der Waals surface area contributed by atoms with Crippen LogP contribution in [0.4, 0.5) is 0 Å². The first-order valence-electron chi connectivity index (χ1n) is 7.72. The van der Waals surface area contributed by atoms with Crippen LogP contribution in [-0.4, -0.2) is 26.2 Å². The van der Waals surface area contributed by atoms with Crippen molar-refractivity contribution >= 4 is 5.91 Å². The standard InChI is InChI=1S/C20H25NO3/c1-7-17(23-5)13-14-20(4,8-2)15(3)21-19(22)16-9-11-18(24-6)12-10-16/h2,7,9-15H,1,3-6H3,(H,21,22)/b14-13-,17-7+/t15-,20?/m1/s1. The van der Waals surface area contributed by atoms with Gasteiger partial charge in [0.15, 0.2) is 0 Å². The molecule has 0 aliphatic heterocycles. The molecule has 2 atom stereocenters. The van der Waals surface area contributed by atoms with Crippen molar-refractivity contribution in [2.24, 2.45) is 5.41 Å². The molecule has 0 bridgehead atoms. The Labute approximate surface area is 144 Å². The van der Waals surface area contributed by atoms with Crippen LogP contribution in [0.5, 0.6) is 5.75 Å². The Morgan fingerprint density at radius 1 is 1.33 bits per heavy atom. The minimum Gasteiger partial charge on any atom is -0.497 e. The Kier molecular flexibility index (Phi) is 7.13. The first-order chi connectivity index (χ1) is 11.4. The summed E-state index contributed by atoms with van der Waals surface area (Å²) in [5.74, 6) is 3.99. The highest BCUT2D eigenvalue weighted by molar-refractivity contribution is 5.94. The average Bonchev–Trinajstić information content (AvgIpc) is 2.62. The minimum atomic E-state index is -0.644. The number of amides is 1. The van der Waals surface area contributed by atoms with Crippen LogP contribution in [0, 0.1) is 17.8 Å². The number of methoxy groups -OCH3 is 2. The third-order valence-electron chi connectivity index (χ3n) is 4.02. The third kappa shape index (κ3) is 4.92. The molecule has 0 heterocycles. The largest absolute Gasteiger partial charge is 0.497 e. The van der Waals surface area contributed by atoms with Gasteiger partial charge in [-0.15, -0.1) is 6.42 Å². The van der Waals surface area contributed by atoms with Crippen molar-refractivity contribution in [2.45, 2.75) is 26.8 Å². The van der Waals surface area contributed by atoms with Crippen LogP contribution >= 0.6 is 0 Å². The van der Waals surface area contributed by atoms with Gasteiger partial charge in [-0.2, -0.15) is 0 Å². The molecule has 1 rings (SSSR count). The maximum Gasteiger partial charge on any atom is 0.251 e. The molecule has 0 radical (unpaired) electrons. The minimum absolute atomic E-state index is 0.182. The van der Waals surface area contributed by atoms with E-state index in [1.54, 1.807) is 38.5 Å². The second-order valence-corrected chi connectivity index (χ2v) is 5.58. The van der Waals surface area contributed by atoms with Crippen molar-refractivity contribution in [1.82, 2.24) is 5.32 Å². The van der Waals surface area contributed by atoms with Crippen LogP contribution in [0.25, 0.3) is 0 Å². The fraction of sp³-hybridized carbons (Fsp3) is 0.350. The molecule has 0 saturated heterocycles. The highest BCUT2D eigenvalue weighted by Gasteiger charge is 2.28. The van der Waals surface area contributed by atoms with E-state index in [0.29, 0.717) is 17.1 Å². The maximum atomic E-state index is 12.4. The molecule has 0 fully saturated rings. The summed E-state index contributed by atoms with van der Waals surface area (Å²) >= 11 is 0. The van der Waals surface area contributed by atoms with Gasteiger partial charge < -0.3 is 14.8 Å². The summed E-state index contributed by atoms with van der Waals surface area (Å²) in [6, 6.07) is 6.66. The summed E-state index contributed by atoms with van der Waals surface area (Å²) < 4.78 is 10.3. The zero-order valence-electron chi connectivity index (χ0n) is 14.9. The summed E-state index contributed by atoms with van der Waals surface area (Å²) in [4.78, 5) is 12.4. The molecule has 1 amide bonds. The SMILES string of the molecule is C#CC(C)(/C=C\C(=C/C)OC)[C@@H](C)NC(=O)c1ccc(OC)cc1. The summed E-state index contributed by atoms with van der Waals surface area (Å²) in [6.07, 6.45) is 11.2. The highest BCUT2D eigenvalue weighted by atomic mass is 16.5. The Bertz CT molecular complexity index is 652. The first-order valence-corrected chi connectivity index (χ1v) is 7.72. The second-order valence-electron chi connectivity index (χ2n) is 5.58. The van der Waals surface area contributed by atoms with Crippen molar-refractivity contribution in [2.75, 3.05) is 14.2 Å². The van der Waals surface area contributed by atoms with E-state index in [0.717, 1.165) is 0 Å². The van der Waals surface area contributed by atoms with Crippen LogP contribution in [0.3, 0.4) is 0 Å². The van der Waals surface area contributed by atoms with E-state index in [-0.39, 0.29) is 11.9 Å². The molecule has 128 valence electrons. The van der Waals surface area contributed by atoms with Gasteiger partial charge in [-0.05, 0) is 57.2 Å². The summed E-state index contributed by atoms with van der Waals surface area (Å²) in [6.45, 7) is 5.66. The molecule has 24 heavy (non-hydrogen) atoms. The van der Waals surface area contributed by atoms with E-state index in [9.17, 15) is 4.79 Å². The molecule has 0 aliphatic carbocycles. The van der Waals surface area contributed by atoms with Crippen molar-refractivity contribution in [3.05, 3.63) is 53.8 Å². The molecule has 0 spiro atoms. The molecule has 4 nitrogen and oxygen atoms in total. The molecule has 1 aromatic carbocycles. The van der Waals surface area contributed by atoms with E-state index in [1.165, 1.54) is 0 Å². The van der Waals surface area contributed by atoms with Crippen LogP contribution in [-0.2, 0) is 4.74 Å². The van der Waals surface area contributed by atoms with Crippen molar-refractivity contribution in [3.8, 4) is 18.1 Å². The van der Waals surface area contributed by atoms with Crippen LogP contribution in [0.15, 0.2) is 48.3 Å². The number of allylic oxidation sites excluding steroid dienone is 2. The van der Waals surface area contributed by atoms with E-state index in [1.807, 2.05) is 39.0 Å². The average molecular weight is 327 g/mol. The molecular formula is C20H25NO3. The number of carbonyl (C=O) groups excluding carboxylic acids is 1. The number of hydrogen-bond donors (Lipinski definition) is 1. The number of hydrogen-bond acceptors (Lipinski definition) is 3. The molecule has 1 aromatic rings. The van der Waals surface area contributed by atoms with Crippen LogP contribution in [0.1, 0.15) is 31.1 Å². The van der Waals surface area contributed by atoms with Gasteiger partial charge in [-0.1, -0.05) is 12.0 Å². The number of rotatable bonds is 7. The van der Waals surface area contributed by atoms with E-state index in [4.69, 9.17) is 15.9 Å². The fourth-order valence-corrected chi connectivity index (χ4v) is 2.03. The van der Waals surface area contributed by atoms with E-state index >= 15 is 0 Å². The Morgan fingerprint density at radius 2 is 1.96 bits per heavy atom. The number of benzene rings is 1. The van der Waals surface area contributed by atoms with Gasteiger partial charge in [0, 0.05) is 11.6 Å². The summed E-state index contributed by atoms with van der Waals surface area (Å²) in [5, 5.41) is 2.95. The molecular weight excluding hydrogens is 302 g/mol. The normalized spacial score (nSPS) is 15.2. The molecule has 4 heteroatoms. The van der Waals surface area contributed by atoms with E-state index in [2.05, 4.69) is 11.2 Å². The number of carbonyl (C=O) groups is 1. The van der Waals surface area contributed by atoms with Crippen molar-refractivity contribution in [1.29, 1.82) is 0 Å². The fourth-order valence-electron chi connectivity index (χ4n) is 2.03. The third-order valence-corrected chi connectivity index (χ3v) is 4.02. The van der Waals surface area contributed by atoms with Gasteiger partial charge in [0.05, 0.1) is 19.6 Å². The molecule has 1 unspecified atom stereocenters. The van der Waals surface area contributed by atoms with Gasteiger partial charge in [0.1, 0.15) is 11.5 Å². The van der Waals surface area contributed by atoms with Crippen molar-refractivity contribution in [3.63, 3.8) is 0 Å². The second kappa shape index (κ2) is 8.83. The van der Waals surface area contributed by atoms with Crippen LogP contribution < -0.4 is 10.1 Å². The molecule has 1 N–H and O–H groups in total. The smallest absolute Gasteiger partial charge is 0.251 e. The van der Waals surface area contributed by atoms with Gasteiger partial charge in [0.25, 0.3) is 5.91 Å². The number of terminal acetylenes is 1. The topological polar surface area (TPSA) is 47.6 Å². The van der Waals surface area contributed by atoms with Gasteiger partial charge in [0.2, 0.25) is 0 Å². The zero-order chi connectivity index (χ0) is 18.2. The molecule has 0 aromatic heterocycles. The zero-order valence-corrected chi connectivity index (χ0v) is 14.9. The summed E-state index contributed by atoms with van der Waals surface area (Å²) in [5.41, 5.74) is -0.0911. The Balaban J connectivity index is 2.87. The van der Waals surface area contributed by atoms with Gasteiger partial charge in [-0.3, -0.25) is 4.79 Å². The quantitative estimate of drug-likeness (QED) is 0.473. The number of nitrogens with one attached hydrogen (secondary N) is 1. The molecule has 0 saturated carbocycles. The van der Waals surface area contributed by atoms with E-state index < -0.39 is 5.41 Å². The lowest BCUT2D eigenvalue weighted by molar-refractivity contribution is 0.0925. The Morgan fingerprint density at radius 3 is 2.42 bits per heavy atom. The maximum absolute atomic E-state index is 12.4. The monoisotopic (exact) mass is 327 g/mol. The lowest BCUT2D eigenvalue weighted by atomic mass is 9.83. The Hall–Kier alpha value is -2.67. The van der Waals surface area contributed by atoms with Crippen molar-refractivity contribution < 1.29 is 14.3 Å². The lowest BCUT2D eigenvalue weighted by Crippen LogP contribution is -2.42. The predicted molar refractivity (Wildman–Crippen MR) is 96.8 cm³/mol. The lowest BCUT2D eigenvalue weighted by Gasteiger charge is -2.28. The van der Waals surface area contributed by atoms with Crippen LogP contribution in [0.2, 0.25) is 0 Å². The summed E-state index contributed by atoms with van der Waals surface area (Å²) in [7, 11) is 3.18. The highest BCUT2D eigenvalue weighted by Crippen LogP contribution is 2.24. The van der Waals surface area contributed by atoms with Gasteiger partial charge in [-0.25, -0.2) is 0 Å². The number of ether oxygens (including phenoxy) is 2. The van der Waals surface area contributed by atoms with Gasteiger partial charge >= 0.3 is 0 Å².